The fraction of sp³-hybridized carbons (Fsp3) is 0.714. The standard InChI is InChI=1S/C7H16NO.H2O/c1-4-5-8(2,3)6-7-9;/h4,9H,1,5-7H2,2-3H3;1H2/q+1;/p-1. The Hall–Kier alpha value is -0.380. The average molecular weight is 147 g/mol. The number of likely N-dealkylation sites (N-methyl/N-ethyl adjacent to an activating group) is 1. The molecule has 0 fully saturated rings. The Labute approximate surface area is 62.5 Å². The molecule has 0 unspecified atom stereocenters. The third-order valence-electron chi connectivity index (χ3n) is 1.33. The monoisotopic (exact) mass is 147 g/mol. The van der Waals surface area contributed by atoms with Gasteiger partial charge < -0.3 is 15.1 Å². The maximum atomic E-state index is 8.58. The summed E-state index contributed by atoms with van der Waals surface area (Å²) in [6.45, 7) is 5.60. The highest BCUT2D eigenvalue weighted by atomic mass is 16.3. The minimum Gasteiger partial charge on any atom is -0.870 e. The highest BCUT2D eigenvalue weighted by molar-refractivity contribution is 4.64. The van der Waals surface area contributed by atoms with Crippen molar-refractivity contribution in [3.05, 3.63) is 12.7 Å². The largest absolute Gasteiger partial charge is 0.870 e. The van der Waals surface area contributed by atoms with E-state index < -0.39 is 0 Å². The van der Waals surface area contributed by atoms with E-state index in [1.165, 1.54) is 0 Å². The lowest BCUT2D eigenvalue weighted by Gasteiger charge is -2.26. The third-order valence-corrected chi connectivity index (χ3v) is 1.33. The molecule has 3 nitrogen and oxygen atoms in total. The van der Waals surface area contributed by atoms with Gasteiger partial charge in [-0.25, -0.2) is 0 Å². The summed E-state index contributed by atoms with van der Waals surface area (Å²) >= 11 is 0. The molecule has 0 amide bonds. The van der Waals surface area contributed by atoms with Crippen LogP contribution in [0.25, 0.3) is 0 Å². The van der Waals surface area contributed by atoms with Gasteiger partial charge in [-0.1, -0.05) is 6.58 Å². The van der Waals surface area contributed by atoms with E-state index in [0.717, 1.165) is 17.6 Å². The van der Waals surface area contributed by atoms with Gasteiger partial charge in [0.1, 0.15) is 6.54 Å². The van der Waals surface area contributed by atoms with Crippen molar-refractivity contribution in [2.45, 2.75) is 0 Å². The Bertz CT molecular complexity index is 91.6. The highest BCUT2D eigenvalue weighted by Gasteiger charge is 2.09. The Kier molecular flexibility index (Phi) is 6.66. The van der Waals surface area contributed by atoms with Crippen molar-refractivity contribution < 1.29 is 15.1 Å². The molecule has 0 aliphatic rings. The first kappa shape index (κ1) is 12.3. The average Bonchev–Trinajstić information content (AvgIpc) is 1.64. The number of quaternary nitrogens is 1. The van der Waals surface area contributed by atoms with Gasteiger partial charge in [-0.05, 0) is 6.08 Å². The number of aliphatic hydroxyl groups excluding tert-OH is 1. The van der Waals surface area contributed by atoms with Gasteiger partial charge in [0.2, 0.25) is 0 Å². The summed E-state index contributed by atoms with van der Waals surface area (Å²) in [6, 6.07) is 0. The van der Waals surface area contributed by atoms with Gasteiger partial charge in [0.05, 0.1) is 27.2 Å². The molecular weight excluding hydrogens is 130 g/mol. The van der Waals surface area contributed by atoms with Gasteiger partial charge in [-0.2, -0.15) is 0 Å². The number of rotatable bonds is 4. The van der Waals surface area contributed by atoms with Crippen LogP contribution in [0.1, 0.15) is 0 Å². The van der Waals surface area contributed by atoms with Crippen LogP contribution in [-0.2, 0) is 0 Å². The normalized spacial score (nSPS) is 10.3. The molecule has 0 aromatic carbocycles. The molecule has 62 valence electrons. The van der Waals surface area contributed by atoms with E-state index in [1.54, 1.807) is 0 Å². The van der Waals surface area contributed by atoms with Crippen molar-refractivity contribution in [1.29, 1.82) is 0 Å². The lowest BCUT2D eigenvalue weighted by atomic mass is 10.4. The van der Waals surface area contributed by atoms with Crippen LogP contribution in [-0.4, -0.2) is 48.9 Å². The molecule has 0 rings (SSSR count). The van der Waals surface area contributed by atoms with Crippen LogP contribution < -0.4 is 0 Å². The molecule has 0 radical (unpaired) electrons. The molecule has 0 bridgehead atoms. The molecule has 0 aromatic heterocycles. The van der Waals surface area contributed by atoms with Crippen LogP contribution in [0.15, 0.2) is 12.7 Å². The summed E-state index contributed by atoms with van der Waals surface area (Å²) < 4.78 is 0.819. The van der Waals surface area contributed by atoms with Crippen molar-refractivity contribution in [2.24, 2.45) is 0 Å². The first-order valence-electron chi connectivity index (χ1n) is 3.16. The van der Waals surface area contributed by atoms with Gasteiger partial charge in [-0.15, -0.1) is 0 Å². The van der Waals surface area contributed by atoms with Crippen LogP contribution in [0.2, 0.25) is 0 Å². The number of hydrogen-bond donors (Lipinski definition) is 1. The van der Waals surface area contributed by atoms with Crippen molar-refractivity contribution in [1.82, 2.24) is 0 Å². The van der Waals surface area contributed by atoms with Gasteiger partial charge in [0.25, 0.3) is 0 Å². The second-order valence-corrected chi connectivity index (χ2v) is 2.85. The molecule has 0 atom stereocenters. The van der Waals surface area contributed by atoms with E-state index in [2.05, 4.69) is 20.7 Å². The van der Waals surface area contributed by atoms with Crippen LogP contribution in [0.3, 0.4) is 0 Å². The van der Waals surface area contributed by atoms with E-state index >= 15 is 0 Å². The third kappa shape index (κ3) is 5.75. The van der Waals surface area contributed by atoms with Crippen LogP contribution in [0.5, 0.6) is 0 Å². The maximum absolute atomic E-state index is 8.58. The SMILES string of the molecule is C=CC[N+](C)(C)CCO.[OH-]. The predicted octanol–water partition coefficient (Wildman–Crippen LogP) is 0.0643. The zero-order valence-electron chi connectivity index (χ0n) is 6.75. The first-order valence-corrected chi connectivity index (χ1v) is 3.16. The van der Waals surface area contributed by atoms with E-state index in [0.29, 0.717) is 0 Å². The molecular formula is C7H17NO2. The van der Waals surface area contributed by atoms with Crippen LogP contribution in [0.4, 0.5) is 0 Å². The highest BCUT2D eigenvalue weighted by Crippen LogP contribution is 1.93. The summed E-state index contributed by atoms with van der Waals surface area (Å²) in [6.07, 6.45) is 1.87. The second-order valence-electron chi connectivity index (χ2n) is 2.85. The molecule has 0 saturated heterocycles. The lowest BCUT2D eigenvalue weighted by Crippen LogP contribution is -2.41. The molecule has 0 spiro atoms. The van der Waals surface area contributed by atoms with Crippen molar-refractivity contribution in [3.63, 3.8) is 0 Å². The smallest absolute Gasteiger partial charge is 0.102 e. The topological polar surface area (TPSA) is 50.2 Å². The summed E-state index contributed by atoms with van der Waals surface area (Å²) in [5.41, 5.74) is 0. The summed E-state index contributed by atoms with van der Waals surface area (Å²) in [5.74, 6) is 0. The summed E-state index contributed by atoms with van der Waals surface area (Å²) in [5, 5.41) is 8.58. The van der Waals surface area contributed by atoms with E-state index in [4.69, 9.17) is 5.11 Å². The molecule has 3 heteroatoms. The minimum absolute atomic E-state index is 0. The molecule has 0 heterocycles. The Morgan fingerprint density at radius 1 is 1.50 bits per heavy atom. The fourth-order valence-electron chi connectivity index (χ4n) is 0.711. The van der Waals surface area contributed by atoms with E-state index in [-0.39, 0.29) is 12.1 Å². The first-order chi connectivity index (χ1) is 4.12. The van der Waals surface area contributed by atoms with Crippen molar-refractivity contribution in [2.75, 3.05) is 33.8 Å². The van der Waals surface area contributed by atoms with E-state index in [9.17, 15) is 0 Å². The zero-order chi connectivity index (χ0) is 7.33. The van der Waals surface area contributed by atoms with Gasteiger partial charge in [0, 0.05) is 0 Å². The molecule has 2 N–H and O–H groups in total. The molecule has 0 aliphatic heterocycles. The fourth-order valence-corrected chi connectivity index (χ4v) is 0.711. The molecule has 10 heavy (non-hydrogen) atoms. The predicted molar refractivity (Wildman–Crippen MR) is 41.1 cm³/mol. The Balaban J connectivity index is 0. The van der Waals surface area contributed by atoms with Gasteiger partial charge >= 0.3 is 0 Å². The molecule has 0 aliphatic carbocycles. The van der Waals surface area contributed by atoms with Crippen molar-refractivity contribution in [3.8, 4) is 0 Å². The van der Waals surface area contributed by atoms with Crippen LogP contribution in [0, 0.1) is 0 Å². The zero-order valence-corrected chi connectivity index (χ0v) is 6.75. The molecule has 0 saturated carbocycles. The second kappa shape index (κ2) is 5.41. The number of hydrogen-bond acceptors (Lipinski definition) is 2. The van der Waals surface area contributed by atoms with Crippen molar-refractivity contribution >= 4 is 0 Å². The summed E-state index contributed by atoms with van der Waals surface area (Å²) in [4.78, 5) is 0. The Morgan fingerprint density at radius 2 is 2.00 bits per heavy atom. The lowest BCUT2D eigenvalue weighted by molar-refractivity contribution is -0.884. The quantitative estimate of drug-likeness (QED) is 0.451. The number of aliphatic hydroxyl groups is 1. The minimum atomic E-state index is 0. The Morgan fingerprint density at radius 3 is 2.30 bits per heavy atom. The molecule has 0 aromatic rings. The van der Waals surface area contributed by atoms with Gasteiger partial charge in [-0.3, -0.25) is 0 Å². The van der Waals surface area contributed by atoms with Gasteiger partial charge in [0.15, 0.2) is 0 Å². The van der Waals surface area contributed by atoms with E-state index in [1.807, 2.05) is 6.08 Å². The number of nitrogens with zero attached hydrogens (tertiary/aromatic N) is 1. The van der Waals surface area contributed by atoms with Crippen LogP contribution >= 0.6 is 0 Å². The summed E-state index contributed by atoms with van der Waals surface area (Å²) in [7, 11) is 4.13. The maximum Gasteiger partial charge on any atom is 0.102 e.